The summed E-state index contributed by atoms with van der Waals surface area (Å²) in [4.78, 5) is 2.19. The number of hydrogen-bond acceptors (Lipinski definition) is 3. The fourth-order valence-electron chi connectivity index (χ4n) is 2.35. The molecule has 0 amide bonds. The van der Waals surface area contributed by atoms with Gasteiger partial charge in [-0.1, -0.05) is 0 Å². The molecule has 0 spiro atoms. The standard InChI is InChI=1S/C11H19FN4/c1-13-5-11-3-10(12)8-16(11)7-9-4-14-15(2)6-9/h4,6,10-11,13H,3,5,7-8H2,1-2H3/t10-,11-/m1/s1. The zero-order valence-corrected chi connectivity index (χ0v) is 9.86. The predicted octanol–water partition coefficient (Wildman–Crippen LogP) is 0.552. The Bertz CT molecular complexity index is 338. The molecule has 1 fully saturated rings. The molecule has 1 aromatic heterocycles. The van der Waals surface area contributed by atoms with E-state index in [-0.39, 0.29) is 0 Å². The van der Waals surface area contributed by atoms with Crippen molar-refractivity contribution in [3.63, 3.8) is 0 Å². The van der Waals surface area contributed by atoms with Crippen LogP contribution >= 0.6 is 0 Å². The molecule has 1 aromatic rings. The molecule has 0 bridgehead atoms. The molecule has 2 atom stereocenters. The lowest BCUT2D eigenvalue weighted by Crippen LogP contribution is -2.36. The van der Waals surface area contributed by atoms with Gasteiger partial charge < -0.3 is 5.32 Å². The van der Waals surface area contributed by atoms with Crippen molar-refractivity contribution in [3.8, 4) is 0 Å². The molecule has 5 heteroatoms. The van der Waals surface area contributed by atoms with E-state index in [1.54, 1.807) is 4.68 Å². The van der Waals surface area contributed by atoms with Crippen molar-refractivity contribution in [1.29, 1.82) is 0 Å². The summed E-state index contributed by atoms with van der Waals surface area (Å²) < 4.78 is 15.1. The average Bonchev–Trinajstić information content (AvgIpc) is 2.76. The lowest BCUT2D eigenvalue weighted by molar-refractivity contribution is 0.232. The average molecular weight is 226 g/mol. The maximum atomic E-state index is 13.4. The van der Waals surface area contributed by atoms with E-state index in [0.717, 1.165) is 18.7 Å². The van der Waals surface area contributed by atoms with E-state index in [1.807, 2.05) is 26.5 Å². The highest BCUT2D eigenvalue weighted by molar-refractivity contribution is 5.05. The van der Waals surface area contributed by atoms with Crippen molar-refractivity contribution in [1.82, 2.24) is 20.0 Å². The van der Waals surface area contributed by atoms with Gasteiger partial charge in [-0.25, -0.2) is 4.39 Å². The number of likely N-dealkylation sites (tertiary alicyclic amines) is 1. The predicted molar refractivity (Wildman–Crippen MR) is 60.8 cm³/mol. The number of halogens is 1. The van der Waals surface area contributed by atoms with Crippen LogP contribution in [-0.2, 0) is 13.6 Å². The zero-order valence-electron chi connectivity index (χ0n) is 9.86. The Kier molecular flexibility index (Phi) is 3.56. The summed E-state index contributed by atoms with van der Waals surface area (Å²) in [6, 6.07) is 0.306. The second-order valence-electron chi connectivity index (χ2n) is 4.50. The molecule has 0 aliphatic carbocycles. The van der Waals surface area contributed by atoms with Gasteiger partial charge in [-0.15, -0.1) is 0 Å². The highest BCUT2D eigenvalue weighted by Crippen LogP contribution is 2.21. The fourth-order valence-corrected chi connectivity index (χ4v) is 2.35. The number of rotatable bonds is 4. The van der Waals surface area contributed by atoms with Gasteiger partial charge in [0.1, 0.15) is 6.17 Å². The highest BCUT2D eigenvalue weighted by atomic mass is 19.1. The molecule has 1 N–H and O–H groups in total. The number of nitrogens with one attached hydrogen (secondary N) is 1. The molecule has 0 aromatic carbocycles. The van der Waals surface area contributed by atoms with Crippen LogP contribution in [0.15, 0.2) is 12.4 Å². The van der Waals surface area contributed by atoms with Crippen LogP contribution in [0.4, 0.5) is 4.39 Å². The Balaban J connectivity index is 1.97. The molecule has 90 valence electrons. The summed E-state index contributed by atoms with van der Waals surface area (Å²) in [7, 11) is 3.81. The lowest BCUT2D eigenvalue weighted by atomic mass is 10.2. The smallest absolute Gasteiger partial charge is 0.114 e. The Hall–Kier alpha value is -0.940. The molecular formula is C11H19FN4. The van der Waals surface area contributed by atoms with Gasteiger partial charge >= 0.3 is 0 Å². The van der Waals surface area contributed by atoms with Gasteiger partial charge in [0, 0.05) is 44.5 Å². The molecule has 2 heterocycles. The van der Waals surface area contributed by atoms with Crippen molar-refractivity contribution in [2.24, 2.45) is 7.05 Å². The first-order valence-electron chi connectivity index (χ1n) is 5.69. The largest absolute Gasteiger partial charge is 0.318 e. The maximum Gasteiger partial charge on any atom is 0.114 e. The van der Waals surface area contributed by atoms with Crippen molar-refractivity contribution in [3.05, 3.63) is 18.0 Å². The third-order valence-corrected chi connectivity index (χ3v) is 3.06. The normalized spacial score (nSPS) is 26.4. The van der Waals surface area contributed by atoms with Gasteiger partial charge in [0.2, 0.25) is 0 Å². The summed E-state index contributed by atoms with van der Waals surface area (Å²) >= 11 is 0. The third-order valence-electron chi connectivity index (χ3n) is 3.06. The highest BCUT2D eigenvalue weighted by Gasteiger charge is 2.31. The van der Waals surface area contributed by atoms with Gasteiger partial charge in [-0.05, 0) is 13.5 Å². The minimum Gasteiger partial charge on any atom is -0.318 e. The summed E-state index contributed by atoms with van der Waals surface area (Å²) in [6.45, 7) is 2.18. The second-order valence-corrected chi connectivity index (χ2v) is 4.50. The van der Waals surface area contributed by atoms with Gasteiger partial charge in [-0.3, -0.25) is 9.58 Å². The molecule has 2 rings (SSSR count). The summed E-state index contributed by atoms with van der Waals surface area (Å²) in [5.41, 5.74) is 1.15. The number of likely N-dealkylation sites (N-methyl/N-ethyl adjacent to an activating group) is 1. The van der Waals surface area contributed by atoms with Crippen molar-refractivity contribution >= 4 is 0 Å². The number of hydrogen-bond donors (Lipinski definition) is 1. The first-order valence-corrected chi connectivity index (χ1v) is 5.69. The molecule has 0 saturated carbocycles. The molecule has 0 unspecified atom stereocenters. The minimum absolute atomic E-state index is 0.306. The van der Waals surface area contributed by atoms with E-state index in [4.69, 9.17) is 0 Å². The zero-order chi connectivity index (χ0) is 11.5. The van der Waals surface area contributed by atoms with Gasteiger partial charge in [0.25, 0.3) is 0 Å². The monoisotopic (exact) mass is 226 g/mol. The number of aromatic nitrogens is 2. The van der Waals surface area contributed by atoms with Crippen LogP contribution in [0.25, 0.3) is 0 Å². The number of alkyl halides is 1. The summed E-state index contributed by atoms with van der Waals surface area (Å²) in [5, 5.41) is 7.25. The van der Waals surface area contributed by atoms with Gasteiger partial charge in [0.15, 0.2) is 0 Å². The van der Waals surface area contributed by atoms with Crippen LogP contribution < -0.4 is 5.32 Å². The van der Waals surface area contributed by atoms with Gasteiger partial charge in [0.05, 0.1) is 6.20 Å². The fraction of sp³-hybridized carbons (Fsp3) is 0.727. The molecule has 1 saturated heterocycles. The van der Waals surface area contributed by atoms with Crippen LogP contribution in [0.3, 0.4) is 0 Å². The lowest BCUT2D eigenvalue weighted by Gasteiger charge is -2.22. The molecule has 4 nitrogen and oxygen atoms in total. The molecule has 16 heavy (non-hydrogen) atoms. The summed E-state index contributed by atoms with van der Waals surface area (Å²) in [6.07, 6.45) is 3.79. The van der Waals surface area contributed by atoms with Crippen molar-refractivity contribution in [2.75, 3.05) is 20.1 Å². The Morgan fingerprint density at radius 3 is 3.06 bits per heavy atom. The molecule has 1 aliphatic heterocycles. The number of aryl methyl sites for hydroxylation is 1. The van der Waals surface area contributed by atoms with E-state index in [1.165, 1.54) is 0 Å². The van der Waals surface area contributed by atoms with E-state index in [0.29, 0.717) is 19.0 Å². The van der Waals surface area contributed by atoms with E-state index < -0.39 is 6.17 Å². The Labute approximate surface area is 95.4 Å². The third kappa shape index (κ3) is 2.59. The van der Waals surface area contributed by atoms with E-state index in [9.17, 15) is 4.39 Å². The number of nitrogens with zero attached hydrogens (tertiary/aromatic N) is 3. The SMILES string of the molecule is CNC[C@H]1C[C@@H](F)CN1Cc1cnn(C)c1. The Morgan fingerprint density at radius 2 is 2.44 bits per heavy atom. The van der Waals surface area contributed by atoms with Crippen LogP contribution in [-0.4, -0.2) is 47.0 Å². The molecular weight excluding hydrogens is 207 g/mol. The van der Waals surface area contributed by atoms with E-state index >= 15 is 0 Å². The topological polar surface area (TPSA) is 33.1 Å². The first-order chi connectivity index (χ1) is 7.69. The van der Waals surface area contributed by atoms with Gasteiger partial charge in [-0.2, -0.15) is 5.10 Å². The maximum absolute atomic E-state index is 13.4. The first kappa shape index (κ1) is 11.5. The minimum atomic E-state index is -0.685. The van der Waals surface area contributed by atoms with E-state index in [2.05, 4.69) is 15.3 Å². The van der Waals surface area contributed by atoms with Crippen molar-refractivity contribution < 1.29 is 4.39 Å². The van der Waals surface area contributed by atoms with Crippen LogP contribution in [0, 0.1) is 0 Å². The van der Waals surface area contributed by atoms with Crippen molar-refractivity contribution in [2.45, 2.75) is 25.2 Å². The molecule has 0 radical (unpaired) electrons. The molecule has 1 aliphatic rings. The van der Waals surface area contributed by atoms with Crippen LogP contribution in [0.2, 0.25) is 0 Å². The summed E-state index contributed by atoms with van der Waals surface area (Å²) in [5.74, 6) is 0. The second kappa shape index (κ2) is 4.93. The quantitative estimate of drug-likeness (QED) is 0.814. The van der Waals surface area contributed by atoms with Crippen LogP contribution in [0.5, 0.6) is 0 Å². The van der Waals surface area contributed by atoms with Crippen LogP contribution in [0.1, 0.15) is 12.0 Å². The Morgan fingerprint density at radius 1 is 1.62 bits per heavy atom.